The van der Waals surface area contributed by atoms with E-state index in [1.54, 1.807) is 0 Å². The van der Waals surface area contributed by atoms with E-state index in [1.165, 1.54) is 24.3 Å². The Labute approximate surface area is 121 Å². The van der Waals surface area contributed by atoms with Crippen LogP contribution in [0.15, 0.2) is 29.2 Å². The molecule has 1 amide bonds. The van der Waals surface area contributed by atoms with Crippen LogP contribution in [0.1, 0.15) is 23.1 Å². The van der Waals surface area contributed by atoms with E-state index in [0.29, 0.717) is 23.5 Å². The molecule has 112 valence electrons. The lowest BCUT2D eigenvalue weighted by Gasteiger charge is -2.05. The standard InChI is InChI=1S/C12H15N5O3S/c1-2-9-10(13)11(17-16-9)12(18)15-7-3-5-8(6-4-7)21(14,19)20/h3-6H,2,13H2,1H3,(H,15,18)(H,16,17)(H2,14,19,20). The molecule has 6 N–H and O–H groups in total. The summed E-state index contributed by atoms with van der Waals surface area (Å²) in [5.74, 6) is -0.480. The van der Waals surface area contributed by atoms with Crippen LogP contribution in [0.4, 0.5) is 11.4 Å². The summed E-state index contributed by atoms with van der Waals surface area (Å²) in [7, 11) is -3.76. The van der Waals surface area contributed by atoms with Gasteiger partial charge in [0.25, 0.3) is 5.91 Å². The van der Waals surface area contributed by atoms with Gasteiger partial charge in [-0.15, -0.1) is 0 Å². The van der Waals surface area contributed by atoms with Gasteiger partial charge >= 0.3 is 0 Å². The largest absolute Gasteiger partial charge is 0.395 e. The van der Waals surface area contributed by atoms with Gasteiger partial charge in [-0.25, -0.2) is 13.6 Å². The Morgan fingerprint density at radius 1 is 1.33 bits per heavy atom. The summed E-state index contributed by atoms with van der Waals surface area (Å²) in [4.78, 5) is 12.0. The van der Waals surface area contributed by atoms with Crippen LogP contribution in [0, 0.1) is 0 Å². The average molecular weight is 309 g/mol. The molecule has 0 atom stereocenters. The molecule has 1 heterocycles. The molecule has 1 aromatic heterocycles. The van der Waals surface area contributed by atoms with Gasteiger partial charge in [0.15, 0.2) is 5.69 Å². The number of anilines is 2. The third-order valence-corrected chi connectivity index (χ3v) is 3.82. The van der Waals surface area contributed by atoms with Gasteiger partial charge in [-0.2, -0.15) is 5.10 Å². The molecule has 0 saturated heterocycles. The molecule has 0 fully saturated rings. The fourth-order valence-electron chi connectivity index (χ4n) is 1.75. The molecule has 0 saturated carbocycles. The number of primary sulfonamides is 1. The Bertz CT molecular complexity index is 765. The van der Waals surface area contributed by atoms with Crippen LogP contribution in [0.3, 0.4) is 0 Å². The van der Waals surface area contributed by atoms with E-state index in [1.807, 2.05) is 6.92 Å². The number of nitrogens with zero attached hydrogens (tertiary/aromatic N) is 1. The number of hydrogen-bond acceptors (Lipinski definition) is 5. The van der Waals surface area contributed by atoms with Crippen molar-refractivity contribution in [2.24, 2.45) is 5.14 Å². The summed E-state index contributed by atoms with van der Waals surface area (Å²) in [5, 5.41) is 14.1. The molecule has 0 aliphatic rings. The highest BCUT2D eigenvalue weighted by molar-refractivity contribution is 7.89. The molecule has 21 heavy (non-hydrogen) atoms. The van der Waals surface area contributed by atoms with Gasteiger partial charge in [0.2, 0.25) is 10.0 Å². The Morgan fingerprint density at radius 2 is 1.95 bits per heavy atom. The van der Waals surface area contributed by atoms with E-state index in [9.17, 15) is 13.2 Å². The number of aryl methyl sites for hydroxylation is 1. The van der Waals surface area contributed by atoms with Gasteiger partial charge in [-0.05, 0) is 30.7 Å². The number of rotatable bonds is 4. The number of aromatic nitrogens is 2. The first-order chi connectivity index (χ1) is 9.82. The molecule has 8 nitrogen and oxygen atoms in total. The fourth-order valence-corrected chi connectivity index (χ4v) is 2.26. The summed E-state index contributed by atoms with van der Waals surface area (Å²) in [6.45, 7) is 1.89. The molecule has 0 aliphatic carbocycles. The van der Waals surface area contributed by atoms with Crippen LogP contribution >= 0.6 is 0 Å². The minimum atomic E-state index is -3.76. The van der Waals surface area contributed by atoms with Crippen LogP contribution in [-0.2, 0) is 16.4 Å². The highest BCUT2D eigenvalue weighted by atomic mass is 32.2. The molecular weight excluding hydrogens is 294 g/mol. The number of sulfonamides is 1. The van der Waals surface area contributed by atoms with E-state index in [2.05, 4.69) is 15.5 Å². The zero-order chi connectivity index (χ0) is 15.6. The summed E-state index contributed by atoms with van der Waals surface area (Å²) >= 11 is 0. The van der Waals surface area contributed by atoms with Crippen molar-refractivity contribution in [3.63, 3.8) is 0 Å². The Hall–Kier alpha value is -2.39. The maximum atomic E-state index is 12.0. The summed E-state index contributed by atoms with van der Waals surface area (Å²) < 4.78 is 22.3. The number of hydrogen-bond donors (Lipinski definition) is 4. The number of nitrogens with one attached hydrogen (secondary N) is 2. The van der Waals surface area contributed by atoms with Crippen molar-refractivity contribution < 1.29 is 13.2 Å². The topological polar surface area (TPSA) is 144 Å². The number of benzene rings is 1. The quantitative estimate of drug-likeness (QED) is 0.648. The van der Waals surface area contributed by atoms with Crippen LogP contribution < -0.4 is 16.2 Å². The second-order valence-electron chi connectivity index (χ2n) is 4.34. The minimum Gasteiger partial charge on any atom is -0.395 e. The molecular formula is C12H15N5O3S. The summed E-state index contributed by atoms with van der Waals surface area (Å²) in [5.41, 5.74) is 7.30. The Kier molecular flexibility index (Phi) is 3.96. The number of nitrogen functional groups attached to an aromatic ring is 1. The van der Waals surface area contributed by atoms with E-state index in [4.69, 9.17) is 10.9 Å². The predicted octanol–water partition coefficient (Wildman–Crippen LogP) is 0.454. The smallest absolute Gasteiger partial charge is 0.278 e. The monoisotopic (exact) mass is 309 g/mol. The van der Waals surface area contributed by atoms with Crippen molar-refractivity contribution in [3.8, 4) is 0 Å². The molecule has 9 heteroatoms. The highest BCUT2D eigenvalue weighted by Gasteiger charge is 2.16. The van der Waals surface area contributed by atoms with Gasteiger partial charge in [0, 0.05) is 5.69 Å². The number of nitrogens with two attached hydrogens (primary N) is 2. The van der Waals surface area contributed by atoms with Gasteiger partial charge in [0.1, 0.15) is 0 Å². The second-order valence-corrected chi connectivity index (χ2v) is 5.90. The van der Waals surface area contributed by atoms with E-state index >= 15 is 0 Å². The first-order valence-electron chi connectivity index (χ1n) is 6.10. The van der Waals surface area contributed by atoms with Crippen molar-refractivity contribution >= 4 is 27.3 Å². The maximum Gasteiger partial charge on any atom is 0.278 e. The van der Waals surface area contributed by atoms with Crippen molar-refractivity contribution in [2.45, 2.75) is 18.2 Å². The van der Waals surface area contributed by atoms with E-state index < -0.39 is 15.9 Å². The number of aromatic amines is 1. The second kappa shape index (κ2) is 5.54. The predicted molar refractivity (Wildman–Crippen MR) is 78.1 cm³/mol. The molecule has 0 spiro atoms. The normalized spacial score (nSPS) is 11.3. The molecule has 0 bridgehead atoms. The first kappa shape index (κ1) is 15.0. The molecule has 0 aliphatic heterocycles. The summed E-state index contributed by atoms with van der Waals surface area (Å²) in [6.07, 6.45) is 0.634. The minimum absolute atomic E-state index is 0.0342. The zero-order valence-electron chi connectivity index (χ0n) is 11.3. The molecule has 0 radical (unpaired) electrons. The van der Waals surface area contributed by atoms with Crippen molar-refractivity contribution in [2.75, 3.05) is 11.1 Å². The van der Waals surface area contributed by atoms with Crippen LogP contribution in [0.25, 0.3) is 0 Å². The van der Waals surface area contributed by atoms with Crippen LogP contribution in [0.5, 0.6) is 0 Å². The third-order valence-electron chi connectivity index (χ3n) is 2.89. The molecule has 2 rings (SSSR count). The number of H-pyrrole nitrogens is 1. The summed E-state index contributed by atoms with van der Waals surface area (Å²) in [6, 6.07) is 5.47. The highest BCUT2D eigenvalue weighted by Crippen LogP contribution is 2.17. The number of amides is 1. The van der Waals surface area contributed by atoms with Crippen LogP contribution in [0.2, 0.25) is 0 Å². The SMILES string of the molecule is CCc1[nH]nc(C(=O)Nc2ccc(S(N)(=O)=O)cc2)c1N. The van der Waals surface area contributed by atoms with E-state index in [-0.39, 0.29) is 10.6 Å². The molecule has 1 aromatic carbocycles. The van der Waals surface area contributed by atoms with Crippen molar-refractivity contribution in [3.05, 3.63) is 35.7 Å². The zero-order valence-corrected chi connectivity index (χ0v) is 12.1. The number of carbonyl (C=O) groups is 1. The van der Waals surface area contributed by atoms with Gasteiger partial charge < -0.3 is 11.1 Å². The fraction of sp³-hybridized carbons (Fsp3) is 0.167. The van der Waals surface area contributed by atoms with Crippen molar-refractivity contribution in [1.29, 1.82) is 0 Å². The maximum absolute atomic E-state index is 12.0. The Balaban J connectivity index is 2.18. The lowest BCUT2D eigenvalue weighted by Crippen LogP contribution is -2.15. The van der Waals surface area contributed by atoms with E-state index in [0.717, 1.165) is 0 Å². The lowest BCUT2D eigenvalue weighted by atomic mass is 10.2. The van der Waals surface area contributed by atoms with Gasteiger partial charge in [0.05, 0.1) is 16.3 Å². The van der Waals surface area contributed by atoms with Crippen LogP contribution in [-0.4, -0.2) is 24.5 Å². The lowest BCUT2D eigenvalue weighted by molar-refractivity contribution is 0.102. The van der Waals surface area contributed by atoms with Gasteiger partial charge in [-0.1, -0.05) is 6.92 Å². The molecule has 2 aromatic rings. The van der Waals surface area contributed by atoms with Gasteiger partial charge in [-0.3, -0.25) is 9.89 Å². The van der Waals surface area contributed by atoms with Crippen molar-refractivity contribution in [1.82, 2.24) is 10.2 Å². The average Bonchev–Trinajstić information content (AvgIpc) is 2.79. The number of carbonyl (C=O) groups excluding carboxylic acids is 1. The third kappa shape index (κ3) is 3.20. The first-order valence-corrected chi connectivity index (χ1v) is 7.64. The molecule has 0 unspecified atom stereocenters. The Morgan fingerprint density at radius 3 is 2.43 bits per heavy atom.